The first-order valence-corrected chi connectivity index (χ1v) is 4.32. The van der Waals surface area contributed by atoms with Crippen molar-refractivity contribution >= 4 is 6.09 Å². The highest BCUT2D eigenvalue weighted by Gasteiger charge is 2.02. The predicted octanol–water partition coefficient (Wildman–Crippen LogP) is 1.12. The van der Waals surface area contributed by atoms with Crippen LogP contribution in [0, 0.1) is 0 Å². The number of hydrogen-bond acceptors (Lipinski definition) is 2. The molecule has 0 aromatic rings. The maximum Gasteiger partial charge on any atom is 0.407 e. The van der Waals surface area contributed by atoms with Crippen LogP contribution in [0.5, 0.6) is 0 Å². The van der Waals surface area contributed by atoms with E-state index in [0.29, 0.717) is 6.54 Å². The molecule has 4 nitrogen and oxygen atoms in total. The van der Waals surface area contributed by atoms with Gasteiger partial charge >= 0.3 is 6.09 Å². The highest BCUT2D eigenvalue weighted by molar-refractivity contribution is 5.64. The lowest BCUT2D eigenvalue weighted by molar-refractivity contribution is 0.155. The Morgan fingerprint density at radius 3 is 2.42 bits per heavy atom. The Bertz CT molecular complexity index is 128. The standard InChI is InChI=1S/C8H18N2O2/c1-10(8(11)12)7-5-3-2-4-6-9/h2-7,9H2,1H3,(H,11,12). The summed E-state index contributed by atoms with van der Waals surface area (Å²) in [5.74, 6) is 0. The molecule has 0 aliphatic heterocycles. The summed E-state index contributed by atoms with van der Waals surface area (Å²) in [7, 11) is 1.59. The Morgan fingerprint density at radius 2 is 1.92 bits per heavy atom. The van der Waals surface area contributed by atoms with Crippen molar-refractivity contribution in [3.63, 3.8) is 0 Å². The van der Waals surface area contributed by atoms with E-state index in [-0.39, 0.29) is 0 Å². The number of amides is 1. The fraction of sp³-hybridized carbons (Fsp3) is 0.875. The number of hydrogen-bond donors (Lipinski definition) is 2. The Hall–Kier alpha value is -0.770. The summed E-state index contributed by atoms with van der Waals surface area (Å²) in [6.45, 7) is 1.36. The van der Waals surface area contributed by atoms with E-state index in [4.69, 9.17) is 10.8 Å². The Labute approximate surface area is 73.3 Å². The van der Waals surface area contributed by atoms with Crippen LogP contribution in [0.25, 0.3) is 0 Å². The Morgan fingerprint density at radius 1 is 1.33 bits per heavy atom. The van der Waals surface area contributed by atoms with Crippen molar-refractivity contribution < 1.29 is 9.90 Å². The van der Waals surface area contributed by atoms with Gasteiger partial charge in [-0.05, 0) is 19.4 Å². The normalized spacial score (nSPS) is 9.83. The number of carboxylic acid groups (broad SMARTS) is 1. The van der Waals surface area contributed by atoms with Gasteiger partial charge in [0.1, 0.15) is 0 Å². The summed E-state index contributed by atoms with van der Waals surface area (Å²) < 4.78 is 0. The summed E-state index contributed by atoms with van der Waals surface area (Å²) in [5.41, 5.74) is 5.31. The zero-order valence-electron chi connectivity index (χ0n) is 7.62. The third-order valence-electron chi connectivity index (χ3n) is 1.77. The van der Waals surface area contributed by atoms with E-state index >= 15 is 0 Å². The van der Waals surface area contributed by atoms with Crippen molar-refractivity contribution in [1.29, 1.82) is 0 Å². The third-order valence-corrected chi connectivity index (χ3v) is 1.77. The number of unbranched alkanes of at least 4 members (excludes halogenated alkanes) is 3. The largest absolute Gasteiger partial charge is 0.465 e. The molecule has 0 saturated heterocycles. The number of rotatable bonds is 6. The lowest BCUT2D eigenvalue weighted by Gasteiger charge is -2.11. The average molecular weight is 174 g/mol. The molecule has 72 valence electrons. The molecular formula is C8H18N2O2. The van der Waals surface area contributed by atoms with E-state index < -0.39 is 6.09 Å². The Kier molecular flexibility index (Phi) is 6.47. The van der Waals surface area contributed by atoms with Gasteiger partial charge in [0.2, 0.25) is 0 Å². The molecule has 1 amide bonds. The van der Waals surface area contributed by atoms with Crippen molar-refractivity contribution in [1.82, 2.24) is 4.90 Å². The van der Waals surface area contributed by atoms with E-state index in [1.54, 1.807) is 7.05 Å². The van der Waals surface area contributed by atoms with E-state index in [1.165, 1.54) is 4.90 Å². The minimum atomic E-state index is -0.853. The molecule has 0 aromatic heterocycles. The van der Waals surface area contributed by atoms with Crippen molar-refractivity contribution in [3.05, 3.63) is 0 Å². The second kappa shape index (κ2) is 6.91. The maximum atomic E-state index is 10.3. The molecule has 0 fully saturated rings. The molecule has 0 unspecified atom stereocenters. The molecule has 0 aromatic carbocycles. The van der Waals surface area contributed by atoms with Crippen LogP contribution in [0.15, 0.2) is 0 Å². The van der Waals surface area contributed by atoms with Gasteiger partial charge in [0, 0.05) is 13.6 Å². The highest BCUT2D eigenvalue weighted by atomic mass is 16.4. The van der Waals surface area contributed by atoms with Crippen LogP contribution in [0.4, 0.5) is 4.79 Å². The zero-order valence-corrected chi connectivity index (χ0v) is 7.62. The van der Waals surface area contributed by atoms with Gasteiger partial charge in [-0.1, -0.05) is 12.8 Å². The third kappa shape index (κ3) is 5.97. The van der Waals surface area contributed by atoms with Crippen LogP contribution < -0.4 is 5.73 Å². The van der Waals surface area contributed by atoms with Gasteiger partial charge in [-0.15, -0.1) is 0 Å². The lowest BCUT2D eigenvalue weighted by Crippen LogP contribution is -2.25. The zero-order chi connectivity index (χ0) is 9.40. The minimum Gasteiger partial charge on any atom is -0.465 e. The maximum absolute atomic E-state index is 10.3. The quantitative estimate of drug-likeness (QED) is 0.593. The molecule has 12 heavy (non-hydrogen) atoms. The van der Waals surface area contributed by atoms with E-state index in [1.807, 2.05) is 0 Å². The van der Waals surface area contributed by atoms with Crippen molar-refractivity contribution in [3.8, 4) is 0 Å². The van der Waals surface area contributed by atoms with E-state index in [9.17, 15) is 4.79 Å². The number of nitrogens with zero attached hydrogens (tertiary/aromatic N) is 1. The van der Waals surface area contributed by atoms with Crippen LogP contribution >= 0.6 is 0 Å². The fourth-order valence-electron chi connectivity index (χ4n) is 0.943. The molecule has 4 heteroatoms. The second-order valence-corrected chi connectivity index (χ2v) is 2.91. The van der Waals surface area contributed by atoms with Crippen LogP contribution in [0.2, 0.25) is 0 Å². The molecule has 0 aliphatic rings. The molecule has 0 radical (unpaired) electrons. The van der Waals surface area contributed by atoms with Gasteiger partial charge in [0.25, 0.3) is 0 Å². The predicted molar refractivity (Wildman–Crippen MR) is 48.2 cm³/mol. The number of carbonyl (C=O) groups is 1. The Balaban J connectivity index is 3.14. The highest BCUT2D eigenvalue weighted by Crippen LogP contribution is 1.99. The van der Waals surface area contributed by atoms with Crippen LogP contribution in [-0.4, -0.2) is 36.2 Å². The SMILES string of the molecule is CN(CCCCCCN)C(=O)O. The van der Waals surface area contributed by atoms with Gasteiger partial charge in [-0.25, -0.2) is 4.79 Å². The van der Waals surface area contributed by atoms with Gasteiger partial charge in [0.15, 0.2) is 0 Å². The molecule has 0 spiro atoms. The van der Waals surface area contributed by atoms with Gasteiger partial charge < -0.3 is 15.7 Å². The van der Waals surface area contributed by atoms with Crippen LogP contribution in [0.3, 0.4) is 0 Å². The smallest absolute Gasteiger partial charge is 0.407 e. The summed E-state index contributed by atoms with van der Waals surface area (Å²) >= 11 is 0. The van der Waals surface area contributed by atoms with Crippen LogP contribution in [-0.2, 0) is 0 Å². The topological polar surface area (TPSA) is 66.6 Å². The van der Waals surface area contributed by atoms with Gasteiger partial charge in [-0.2, -0.15) is 0 Å². The molecule has 0 saturated carbocycles. The fourth-order valence-corrected chi connectivity index (χ4v) is 0.943. The minimum absolute atomic E-state index is 0.625. The first kappa shape index (κ1) is 11.2. The lowest BCUT2D eigenvalue weighted by atomic mass is 10.2. The van der Waals surface area contributed by atoms with E-state index in [0.717, 1.165) is 32.2 Å². The summed E-state index contributed by atoms with van der Waals surface area (Å²) in [6.07, 6.45) is 3.28. The van der Waals surface area contributed by atoms with Crippen molar-refractivity contribution in [2.24, 2.45) is 5.73 Å². The summed E-state index contributed by atoms with van der Waals surface area (Å²) in [4.78, 5) is 11.6. The first-order chi connectivity index (χ1) is 5.68. The number of nitrogens with two attached hydrogens (primary N) is 1. The van der Waals surface area contributed by atoms with Gasteiger partial charge in [0.05, 0.1) is 0 Å². The monoisotopic (exact) mass is 174 g/mol. The molecule has 0 atom stereocenters. The van der Waals surface area contributed by atoms with E-state index in [2.05, 4.69) is 0 Å². The van der Waals surface area contributed by atoms with Crippen LogP contribution in [0.1, 0.15) is 25.7 Å². The molecule has 0 aliphatic carbocycles. The van der Waals surface area contributed by atoms with Crippen molar-refractivity contribution in [2.45, 2.75) is 25.7 Å². The molecule has 0 bridgehead atoms. The first-order valence-electron chi connectivity index (χ1n) is 4.32. The summed E-state index contributed by atoms with van der Waals surface area (Å²) in [6, 6.07) is 0. The molecule has 0 heterocycles. The van der Waals surface area contributed by atoms with Gasteiger partial charge in [-0.3, -0.25) is 0 Å². The molecule has 0 rings (SSSR count). The molecular weight excluding hydrogens is 156 g/mol. The second-order valence-electron chi connectivity index (χ2n) is 2.91. The van der Waals surface area contributed by atoms with Crippen molar-refractivity contribution in [2.75, 3.05) is 20.1 Å². The average Bonchev–Trinajstić information content (AvgIpc) is 2.03. The molecule has 3 N–H and O–H groups in total. The summed E-state index contributed by atoms with van der Waals surface area (Å²) in [5, 5.41) is 8.49.